The Balaban J connectivity index is 1.63. The van der Waals surface area contributed by atoms with Crippen molar-refractivity contribution in [3.05, 3.63) is 0 Å². The van der Waals surface area contributed by atoms with Crippen LogP contribution in [0, 0.1) is 0 Å². The van der Waals surface area contributed by atoms with Gasteiger partial charge in [-0.3, -0.25) is 0 Å². The third-order valence-electron chi connectivity index (χ3n) is 3.40. The molecule has 2 aliphatic rings. The van der Waals surface area contributed by atoms with Crippen LogP contribution >= 0.6 is 0 Å². The van der Waals surface area contributed by atoms with Crippen molar-refractivity contribution in [2.75, 3.05) is 55.4 Å². The maximum absolute atomic E-state index is 5.75. The first-order valence-electron chi connectivity index (χ1n) is 7.01. The molecule has 3 N–H and O–H groups in total. The summed E-state index contributed by atoms with van der Waals surface area (Å²) in [7, 11) is 0. The van der Waals surface area contributed by atoms with E-state index < -0.39 is 0 Å². The molecule has 1 unspecified atom stereocenters. The van der Waals surface area contributed by atoms with E-state index in [0.29, 0.717) is 38.3 Å². The summed E-state index contributed by atoms with van der Waals surface area (Å²) < 4.78 is 10.9. The van der Waals surface area contributed by atoms with Crippen LogP contribution in [0.3, 0.4) is 0 Å². The molecule has 2 fully saturated rings. The Bertz CT molecular complexity index is 446. The average molecular weight is 280 g/mol. The van der Waals surface area contributed by atoms with E-state index >= 15 is 0 Å². The summed E-state index contributed by atoms with van der Waals surface area (Å²) in [6, 6.07) is 0. The Kier molecular flexibility index (Phi) is 4.12. The standard InChI is InChI=1S/C12H20N6O2/c13-10-15-11(14-7-9-8-19-5-6-20-9)17-12(16-10)18-3-1-2-4-18/h9H,1-8H2,(H3,13,14,15,16,17). The lowest BCUT2D eigenvalue weighted by molar-refractivity contribution is -0.0819. The summed E-state index contributed by atoms with van der Waals surface area (Å²) in [5.74, 6) is 1.39. The van der Waals surface area contributed by atoms with E-state index in [-0.39, 0.29) is 12.1 Å². The Morgan fingerprint density at radius 2 is 2.05 bits per heavy atom. The highest BCUT2D eigenvalue weighted by molar-refractivity contribution is 5.42. The van der Waals surface area contributed by atoms with Gasteiger partial charge in [0.15, 0.2) is 0 Å². The van der Waals surface area contributed by atoms with Gasteiger partial charge in [0.1, 0.15) is 0 Å². The third-order valence-corrected chi connectivity index (χ3v) is 3.40. The van der Waals surface area contributed by atoms with Crippen LogP contribution in [0.25, 0.3) is 0 Å². The number of nitrogen functional groups attached to an aromatic ring is 1. The van der Waals surface area contributed by atoms with Gasteiger partial charge >= 0.3 is 0 Å². The maximum Gasteiger partial charge on any atom is 0.231 e. The molecule has 0 bridgehead atoms. The van der Waals surface area contributed by atoms with Crippen LogP contribution in [0.15, 0.2) is 0 Å². The van der Waals surface area contributed by atoms with Crippen LogP contribution in [-0.4, -0.2) is 60.5 Å². The summed E-state index contributed by atoms with van der Waals surface area (Å²) in [6.45, 7) is 4.43. The van der Waals surface area contributed by atoms with Crippen molar-refractivity contribution < 1.29 is 9.47 Å². The predicted molar refractivity (Wildman–Crippen MR) is 74.7 cm³/mol. The first-order chi connectivity index (χ1) is 9.81. The van der Waals surface area contributed by atoms with Crippen molar-refractivity contribution in [3.8, 4) is 0 Å². The van der Waals surface area contributed by atoms with Gasteiger partial charge in [0, 0.05) is 19.6 Å². The van der Waals surface area contributed by atoms with Gasteiger partial charge in [0.2, 0.25) is 17.8 Å². The molecule has 110 valence electrons. The lowest BCUT2D eigenvalue weighted by Crippen LogP contribution is -2.34. The molecule has 20 heavy (non-hydrogen) atoms. The summed E-state index contributed by atoms with van der Waals surface area (Å²) in [5.41, 5.74) is 5.75. The molecule has 1 atom stereocenters. The number of hydrogen-bond acceptors (Lipinski definition) is 8. The molecule has 8 nitrogen and oxygen atoms in total. The molecule has 8 heteroatoms. The minimum atomic E-state index is 0.0250. The molecule has 0 saturated carbocycles. The van der Waals surface area contributed by atoms with Crippen molar-refractivity contribution in [2.24, 2.45) is 0 Å². The summed E-state index contributed by atoms with van der Waals surface area (Å²) in [4.78, 5) is 14.9. The molecule has 0 aliphatic carbocycles. The van der Waals surface area contributed by atoms with Crippen molar-refractivity contribution in [3.63, 3.8) is 0 Å². The van der Waals surface area contributed by atoms with Crippen molar-refractivity contribution in [2.45, 2.75) is 18.9 Å². The maximum atomic E-state index is 5.75. The fraction of sp³-hybridized carbons (Fsp3) is 0.750. The number of rotatable bonds is 4. The summed E-state index contributed by atoms with van der Waals surface area (Å²) in [5, 5.41) is 3.15. The molecule has 0 spiro atoms. The Morgan fingerprint density at radius 3 is 2.80 bits per heavy atom. The third kappa shape index (κ3) is 3.26. The number of nitrogens with zero attached hydrogens (tertiary/aromatic N) is 4. The molecule has 3 rings (SSSR count). The van der Waals surface area contributed by atoms with E-state index in [9.17, 15) is 0 Å². The number of aromatic nitrogens is 3. The smallest absolute Gasteiger partial charge is 0.231 e. The number of nitrogens with one attached hydrogen (secondary N) is 1. The molecule has 2 aliphatic heterocycles. The van der Waals surface area contributed by atoms with Gasteiger partial charge in [0.05, 0.1) is 25.9 Å². The minimum Gasteiger partial charge on any atom is -0.376 e. The van der Waals surface area contributed by atoms with Crippen molar-refractivity contribution in [1.82, 2.24) is 15.0 Å². The second-order valence-corrected chi connectivity index (χ2v) is 4.96. The fourth-order valence-corrected chi connectivity index (χ4v) is 2.38. The van der Waals surface area contributed by atoms with E-state index in [1.54, 1.807) is 0 Å². The van der Waals surface area contributed by atoms with Gasteiger partial charge in [-0.15, -0.1) is 0 Å². The highest BCUT2D eigenvalue weighted by Crippen LogP contribution is 2.17. The second kappa shape index (κ2) is 6.19. The topological polar surface area (TPSA) is 98.4 Å². The first kappa shape index (κ1) is 13.3. The van der Waals surface area contributed by atoms with Crippen molar-refractivity contribution >= 4 is 17.8 Å². The Morgan fingerprint density at radius 1 is 1.20 bits per heavy atom. The quantitative estimate of drug-likeness (QED) is 0.787. The van der Waals surface area contributed by atoms with Gasteiger partial charge in [-0.1, -0.05) is 0 Å². The van der Waals surface area contributed by atoms with Gasteiger partial charge in [-0.05, 0) is 12.8 Å². The minimum absolute atomic E-state index is 0.0250. The molecule has 2 saturated heterocycles. The van der Waals surface area contributed by atoms with Gasteiger partial charge in [0.25, 0.3) is 0 Å². The molecular formula is C12H20N6O2. The van der Waals surface area contributed by atoms with E-state index in [2.05, 4.69) is 25.2 Å². The van der Waals surface area contributed by atoms with E-state index in [1.165, 1.54) is 12.8 Å². The second-order valence-electron chi connectivity index (χ2n) is 4.96. The largest absolute Gasteiger partial charge is 0.376 e. The van der Waals surface area contributed by atoms with E-state index in [0.717, 1.165) is 13.1 Å². The van der Waals surface area contributed by atoms with E-state index in [1.807, 2.05) is 0 Å². The van der Waals surface area contributed by atoms with Gasteiger partial charge in [-0.2, -0.15) is 15.0 Å². The first-order valence-corrected chi connectivity index (χ1v) is 7.01. The lowest BCUT2D eigenvalue weighted by atomic mass is 10.3. The number of anilines is 3. The van der Waals surface area contributed by atoms with Crippen molar-refractivity contribution in [1.29, 1.82) is 0 Å². The van der Waals surface area contributed by atoms with E-state index in [4.69, 9.17) is 15.2 Å². The normalized spacial score (nSPS) is 23.0. The highest BCUT2D eigenvalue weighted by Gasteiger charge is 2.18. The lowest BCUT2D eigenvalue weighted by Gasteiger charge is -2.23. The van der Waals surface area contributed by atoms with Crippen LogP contribution in [-0.2, 0) is 9.47 Å². The zero-order valence-corrected chi connectivity index (χ0v) is 11.4. The Labute approximate surface area is 117 Å². The predicted octanol–water partition coefficient (Wildman–Crippen LogP) is -0.119. The van der Waals surface area contributed by atoms with Crippen LogP contribution in [0.4, 0.5) is 17.8 Å². The zero-order valence-electron chi connectivity index (χ0n) is 11.4. The summed E-state index contributed by atoms with van der Waals surface area (Å²) in [6.07, 6.45) is 2.36. The molecular weight excluding hydrogens is 260 g/mol. The van der Waals surface area contributed by atoms with Gasteiger partial charge in [-0.25, -0.2) is 0 Å². The van der Waals surface area contributed by atoms with Crippen LogP contribution < -0.4 is 16.0 Å². The molecule has 3 heterocycles. The van der Waals surface area contributed by atoms with Gasteiger partial charge < -0.3 is 25.4 Å². The SMILES string of the molecule is Nc1nc(NCC2COCCO2)nc(N2CCCC2)n1. The summed E-state index contributed by atoms with van der Waals surface area (Å²) >= 11 is 0. The molecule has 0 radical (unpaired) electrons. The molecule has 0 aromatic carbocycles. The number of hydrogen-bond donors (Lipinski definition) is 2. The highest BCUT2D eigenvalue weighted by atomic mass is 16.6. The zero-order chi connectivity index (χ0) is 13.8. The fourth-order valence-electron chi connectivity index (χ4n) is 2.38. The van der Waals surface area contributed by atoms with Crippen LogP contribution in [0.5, 0.6) is 0 Å². The molecule has 0 amide bonds. The number of nitrogens with two attached hydrogens (primary N) is 1. The monoisotopic (exact) mass is 280 g/mol. The molecule has 1 aromatic rings. The van der Waals surface area contributed by atoms with Crippen LogP contribution in [0.1, 0.15) is 12.8 Å². The molecule has 1 aromatic heterocycles. The average Bonchev–Trinajstić information content (AvgIpc) is 3.00. The number of ether oxygens (including phenoxy) is 2. The Hall–Kier alpha value is -1.67. The van der Waals surface area contributed by atoms with Crippen LogP contribution in [0.2, 0.25) is 0 Å².